The number of hydrogen-bond donors (Lipinski definition) is 0. The van der Waals surface area contributed by atoms with Crippen LogP contribution in [-0.2, 0) is 10.0 Å². The van der Waals surface area contributed by atoms with E-state index in [-0.39, 0.29) is 12.1 Å². The molecule has 3 aromatic rings. The maximum atomic E-state index is 13.2. The Morgan fingerprint density at radius 1 is 0.815 bits per heavy atom. The first kappa shape index (κ1) is 17.7. The van der Waals surface area contributed by atoms with E-state index in [1.807, 2.05) is 79.7 Å². The summed E-state index contributed by atoms with van der Waals surface area (Å²) in [4.78, 5) is 0.331. The van der Waals surface area contributed by atoms with Gasteiger partial charge in [-0.15, -0.1) is 0 Å². The predicted molar refractivity (Wildman–Crippen MR) is 109 cm³/mol. The van der Waals surface area contributed by atoms with E-state index < -0.39 is 10.0 Å². The van der Waals surface area contributed by atoms with E-state index in [1.54, 1.807) is 28.6 Å². The second kappa shape index (κ2) is 7.14. The molecule has 0 N–H and O–H groups in total. The SMILES string of the molecule is Cc1ccc([C@@H]2[C@@H](/C=C/c3ccccc3)N2S(=O)(=O)c2ccccc2)cc1. The molecule has 1 saturated heterocycles. The molecule has 0 aliphatic carbocycles. The Bertz CT molecular complexity index is 1040. The van der Waals surface area contributed by atoms with Crippen LogP contribution in [-0.4, -0.2) is 18.8 Å². The molecule has 1 unspecified atom stereocenters. The average Bonchev–Trinajstić information content (AvgIpc) is 3.44. The topological polar surface area (TPSA) is 37.1 Å². The molecule has 1 aliphatic heterocycles. The van der Waals surface area contributed by atoms with Gasteiger partial charge in [0.05, 0.1) is 17.0 Å². The smallest absolute Gasteiger partial charge is 0.207 e. The zero-order chi connectivity index (χ0) is 18.9. The number of benzene rings is 3. The van der Waals surface area contributed by atoms with Gasteiger partial charge in [0.15, 0.2) is 0 Å². The molecule has 3 atom stereocenters. The Morgan fingerprint density at radius 3 is 2.04 bits per heavy atom. The molecule has 0 saturated carbocycles. The van der Waals surface area contributed by atoms with Crippen molar-refractivity contribution in [3.8, 4) is 0 Å². The molecule has 0 spiro atoms. The van der Waals surface area contributed by atoms with Gasteiger partial charge in [0.25, 0.3) is 0 Å². The van der Waals surface area contributed by atoms with E-state index in [2.05, 4.69) is 0 Å². The molecule has 1 aliphatic rings. The number of aryl methyl sites for hydroxylation is 1. The third-order valence-corrected chi connectivity index (χ3v) is 6.72. The monoisotopic (exact) mass is 375 g/mol. The standard InChI is InChI=1S/C23H21NO2S/c1-18-12-15-20(16-13-18)23-22(17-14-19-8-4-2-5-9-19)24(23)27(25,26)21-10-6-3-7-11-21/h2-17,22-23H,1H3/b17-14+/t22-,23-,24?/m1/s1. The molecule has 1 heterocycles. The molecule has 0 bridgehead atoms. The number of rotatable bonds is 5. The van der Waals surface area contributed by atoms with Crippen molar-refractivity contribution >= 4 is 16.1 Å². The summed E-state index contributed by atoms with van der Waals surface area (Å²) in [6, 6.07) is 26.3. The largest absolute Gasteiger partial charge is 0.244 e. The first-order valence-electron chi connectivity index (χ1n) is 8.96. The van der Waals surface area contributed by atoms with E-state index >= 15 is 0 Å². The van der Waals surface area contributed by atoms with Crippen LogP contribution in [0.2, 0.25) is 0 Å². The summed E-state index contributed by atoms with van der Waals surface area (Å²) in [7, 11) is -3.54. The summed E-state index contributed by atoms with van der Waals surface area (Å²) in [6.07, 6.45) is 3.98. The maximum Gasteiger partial charge on any atom is 0.244 e. The molecule has 136 valence electrons. The highest BCUT2D eigenvalue weighted by atomic mass is 32.2. The van der Waals surface area contributed by atoms with Crippen molar-refractivity contribution in [2.75, 3.05) is 0 Å². The van der Waals surface area contributed by atoms with Crippen LogP contribution in [0.4, 0.5) is 0 Å². The third kappa shape index (κ3) is 3.59. The highest BCUT2D eigenvalue weighted by molar-refractivity contribution is 7.89. The molecule has 4 heteroatoms. The Morgan fingerprint density at radius 2 is 1.41 bits per heavy atom. The van der Waals surface area contributed by atoms with Crippen molar-refractivity contribution in [3.63, 3.8) is 0 Å². The number of sulfonamides is 1. The van der Waals surface area contributed by atoms with Gasteiger partial charge < -0.3 is 0 Å². The highest BCUT2D eigenvalue weighted by Crippen LogP contribution is 2.48. The van der Waals surface area contributed by atoms with E-state index in [0.717, 1.165) is 16.7 Å². The first-order valence-corrected chi connectivity index (χ1v) is 10.4. The molecule has 1 fully saturated rings. The minimum absolute atomic E-state index is 0.171. The van der Waals surface area contributed by atoms with Gasteiger partial charge in [-0.3, -0.25) is 0 Å². The van der Waals surface area contributed by atoms with Crippen LogP contribution in [0.25, 0.3) is 6.08 Å². The lowest BCUT2D eigenvalue weighted by Crippen LogP contribution is -2.14. The van der Waals surface area contributed by atoms with Gasteiger partial charge in [-0.05, 0) is 30.2 Å². The number of hydrogen-bond acceptors (Lipinski definition) is 2. The van der Waals surface area contributed by atoms with Crippen LogP contribution in [0.1, 0.15) is 22.7 Å². The van der Waals surface area contributed by atoms with Crippen molar-refractivity contribution in [2.24, 2.45) is 0 Å². The van der Waals surface area contributed by atoms with Crippen LogP contribution < -0.4 is 0 Å². The van der Waals surface area contributed by atoms with Gasteiger partial charge in [-0.25, -0.2) is 8.42 Å². The first-order chi connectivity index (χ1) is 13.1. The van der Waals surface area contributed by atoms with E-state index in [0.29, 0.717) is 4.90 Å². The van der Waals surface area contributed by atoms with Gasteiger partial charge in [0.2, 0.25) is 10.0 Å². The van der Waals surface area contributed by atoms with Crippen LogP contribution in [0.3, 0.4) is 0 Å². The number of nitrogens with zero attached hydrogens (tertiary/aromatic N) is 1. The second-order valence-electron chi connectivity index (χ2n) is 6.76. The van der Waals surface area contributed by atoms with Crippen LogP contribution >= 0.6 is 0 Å². The Kier molecular flexibility index (Phi) is 4.68. The lowest BCUT2D eigenvalue weighted by Gasteiger charge is -2.06. The van der Waals surface area contributed by atoms with Crippen molar-refractivity contribution in [3.05, 3.63) is 108 Å². The fourth-order valence-corrected chi connectivity index (χ4v) is 5.07. The summed E-state index contributed by atoms with van der Waals surface area (Å²) in [5, 5.41) is 0. The van der Waals surface area contributed by atoms with E-state index in [4.69, 9.17) is 0 Å². The Labute approximate surface area is 160 Å². The van der Waals surface area contributed by atoms with Crippen molar-refractivity contribution < 1.29 is 8.42 Å². The predicted octanol–water partition coefficient (Wildman–Crippen LogP) is 4.82. The molecule has 3 nitrogen and oxygen atoms in total. The van der Waals surface area contributed by atoms with Gasteiger partial charge in [-0.2, -0.15) is 4.31 Å². The molecular weight excluding hydrogens is 354 g/mol. The van der Waals surface area contributed by atoms with Crippen LogP contribution in [0.5, 0.6) is 0 Å². The molecule has 0 aromatic heterocycles. The molecule has 3 aromatic carbocycles. The van der Waals surface area contributed by atoms with Crippen molar-refractivity contribution in [2.45, 2.75) is 23.9 Å². The Hall–Kier alpha value is -2.69. The summed E-state index contributed by atoms with van der Waals surface area (Å²) in [5.41, 5.74) is 3.24. The molecule has 0 amide bonds. The minimum Gasteiger partial charge on any atom is -0.207 e. The quantitative estimate of drug-likeness (QED) is 0.600. The average molecular weight is 375 g/mol. The zero-order valence-electron chi connectivity index (χ0n) is 15.1. The van der Waals surface area contributed by atoms with Crippen molar-refractivity contribution in [1.29, 1.82) is 0 Å². The minimum atomic E-state index is -3.54. The normalized spacial score (nSPS) is 22.0. The Balaban J connectivity index is 1.68. The zero-order valence-corrected chi connectivity index (χ0v) is 15.9. The lowest BCUT2D eigenvalue weighted by molar-refractivity contribution is 0.550. The van der Waals surface area contributed by atoms with E-state index in [1.165, 1.54) is 0 Å². The molecule has 0 radical (unpaired) electrons. The van der Waals surface area contributed by atoms with E-state index in [9.17, 15) is 8.42 Å². The molecule has 4 rings (SSSR count). The van der Waals surface area contributed by atoms with Gasteiger partial charge >= 0.3 is 0 Å². The summed E-state index contributed by atoms with van der Waals surface area (Å²) in [6.45, 7) is 2.03. The summed E-state index contributed by atoms with van der Waals surface area (Å²) in [5.74, 6) is 0. The van der Waals surface area contributed by atoms with Crippen LogP contribution in [0.15, 0.2) is 95.9 Å². The van der Waals surface area contributed by atoms with Gasteiger partial charge in [0, 0.05) is 0 Å². The van der Waals surface area contributed by atoms with Crippen LogP contribution in [0, 0.1) is 6.92 Å². The maximum absolute atomic E-state index is 13.2. The molecule has 27 heavy (non-hydrogen) atoms. The van der Waals surface area contributed by atoms with Gasteiger partial charge in [-0.1, -0.05) is 90.5 Å². The third-order valence-electron chi connectivity index (χ3n) is 4.82. The molecular formula is C23H21NO2S. The summed E-state index contributed by atoms with van der Waals surface area (Å²) >= 11 is 0. The summed E-state index contributed by atoms with van der Waals surface area (Å²) < 4.78 is 27.9. The fourth-order valence-electron chi connectivity index (χ4n) is 3.32. The van der Waals surface area contributed by atoms with Gasteiger partial charge in [0.1, 0.15) is 0 Å². The second-order valence-corrected chi connectivity index (χ2v) is 8.61. The highest BCUT2D eigenvalue weighted by Gasteiger charge is 2.54. The fraction of sp³-hybridized carbons (Fsp3) is 0.130. The lowest BCUT2D eigenvalue weighted by atomic mass is 10.1. The van der Waals surface area contributed by atoms with Crippen molar-refractivity contribution in [1.82, 2.24) is 4.31 Å².